The van der Waals surface area contributed by atoms with Gasteiger partial charge in [-0.2, -0.15) is 10.1 Å². The fourth-order valence-corrected chi connectivity index (χ4v) is 2.59. The monoisotopic (exact) mass is 341 g/mol. The van der Waals surface area contributed by atoms with Crippen LogP contribution in [0.4, 0.5) is 5.95 Å². The van der Waals surface area contributed by atoms with E-state index in [1.54, 1.807) is 4.68 Å². The molecule has 132 valence electrons. The molecule has 1 atom stereocenters. The third kappa shape index (κ3) is 3.56. The Labute approximate surface area is 145 Å². The van der Waals surface area contributed by atoms with E-state index in [1.807, 2.05) is 52.0 Å². The summed E-state index contributed by atoms with van der Waals surface area (Å²) in [5.74, 6) is 0.315. The first-order valence-corrected chi connectivity index (χ1v) is 8.23. The van der Waals surface area contributed by atoms with E-state index >= 15 is 0 Å². The highest BCUT2D eigenvalue weighted by Crippen LogP contribution is 2.19. The molecule has 3 aromatic rings. The molecule has 0 aliphatic carbocycles. The van der Waals surface area contributed by atoms with E-state index in [4.69, 9.17) is 0 Å². The van der Waals surface area contributed by atoms with Crippen molar-refractivity contribution in [3.8, 4) is 0 Å². The highest BCUT2D eigenvalue weighted by molar-refractivity contribution is 5.74. The van der Waals surface area contributed by atoms with Crippen molar-refractivity contribution in [1.82, 2.24) is 19.7 Å². The number of nitrogens with one attached hydrogen (secondary N) is 2. The lowest BCUT2D eigenvalue weighted by Gasteiger charge is -2.20. The van der Waals surface area contributed by atoms with Crippen LogP contribution in [0.1, 0.15) is 38.0 Å². The summed E-state index contributed by atoms with van der Waals surface area (Å²) in [5, 5.41) is 18.0. The summed E-state index contributed by atoms with van der Waals surface area (Å²) in [4.78, 5) is 19.4. The molecule has 0 spiro atoms. The fraction of sp³-hybridized carbons (Fsp3) is 0.389. The first-order valence-electron chi connectivity index (χ1n) is 8.23. The zero-order valence-electron chi connectivity index (χ0n) is 14.9. The summed E-state index contributed by atoms with van der Waals surface area (Å²) in [6.45, 7) is 8.22. The molecule has 3 N–H and O–H groups in total. The number of hydrogen-bond acceptors (Lipinski definition) is 5. The second-order valence-electron chi connectivity index (χ2n) is 7.19. The van der Waals surface area contributed by atoms with Gasteiger partial charge in [0.15, 0.2) is 5.65 Å². The zero-order valence-corrected chi connectivity index (χ0v) is 14.9. The van der Waals surface area contributed by atoms with Crippen molar-refractivity contribution < 1.29 is 5.11 Å². The first kappa shape index (κ1) is 17.2. The number of aryl methyl sites for hydroxylation is 1. The van der Waals surface area contributed by atoms with Crippen LogP contribution in [-0.2, 0) is 5.54 Å². The maximum absolute atomic E-state index is 12.2. The maximum atomic E-state index is 12.2. The summed E-state index contributed by atoms with van der Waals surface area (Å²) in [6, 6.07) is 7.67. The third-order valence-corrected chi connectivity index (χ3v) is 4.00. The van der Waals surface area contributed by atoms with Crippen LogP contribution in [-0.4, -0.2) is 31.4 Å². The van der Waals surface area contributed by atoms with Crippen LogP contribution in [0.25, 0.3) is 11.0 Å². The standard InChI is InChI=1S/C18H23N5O2/c1-11-5-7-12(8-6-11)14(24)10-19-17-21-15-13(16(25)22-17)9-20-23(15)18(2,3)4/h5-9,14,24H,10H2,1-4H3,(H2,19,21,22,25). The molecule has 0 aliphatic rings. The lowest BCUT2D eigenvalue weighted by Crippen LogP contribution is -2.24. The molecule has 3 rings (SSSR count). The number of rotatable bonds is 4. The minimum Gasteiger partial charge on any atom is -0.387 e. The van der Waals surface area contributed by atoms with Gasteiger partial charge in [0.25, 0.3) is 5.56 Å². The van der Waals surface area contributed by atoms with Crippen LogP contribution in [0.15, 0.2) is 35.3 Å². The molecule has 0 aliphatic heterocycles. The summed E-state index contributed by atoms with van der Waals surface area (Å²) >= 11 is 0. The maximum Gasteiger partial charge on any atom is 0.263 e. The summed E-state index contributed by atoms with van der Waals surface area (Å²) in [6.07, 6.45) is 0.825. The van der Waals surface area contributed by atoms with Crippen LogP contribution >= 0.6 is 0 Å². The average molecular weight is 341 g/mol. The van der Waals surface area contributed by atoms with Gasteiger partial charge in [0.2, 0.25) is 5.95 Å². The van der Waals surface area contributed by atoms with Crippen molar-refractivity contribution >= 4 is 17.0 Å². The molecule has 7 nitrogen and oxygen atoms in total. The Morgan fingerprint density at radius 2 is 1.96 bits per heavy atom. The van der Waals surface area contributed by atoms with E-state index in [0.717, 1.165) is 11.1 Å². The third-order valence-electron chi connectivity index (χ3n) is 4.00. The Morgan fingerprint density at radius 3 is 2.60 bits per heavy atom. The van der Waals surface area contributed by atoms with Gasteiger partial charge in [-0.15, -0.1) is 0 Å². The van der Waals surface area contributed by atoms with E-state index in [1.165, 1.54) is 6.20 Å². The lowest BCUT2D eigenvalue weighted by molar-refractivity contribution is 0.191. The Kier molecular flexibility index (Phi) is 4.34. The minimum absolute atomic E-state index is 0.237. The molecule has 0 amide bonds. The van der Waals surface area contributed by atoms with E-state index in [9.17, 15) is 9.90 Å². The Morgan fingerprint density at radius 1 is 1.28 bits per heavy atom. The lowest BCUT2D eigenvalue weighted by atomic mass is 10.1. The molecular weight excluding hydrogens is 318 g/mol. The number of fused-ring (bicyclic) bond motifs is 1. The van der Waals surface area contributed by atoms with Gasteiger partial charge in [-0.25, -0.2) is 4.68 Å². The van der Waals surface area contributed by atoms with Crippen LogP contribution in [0, 0.1) is 6.92 Å². The first-order chi connectivity index (χ1) is 11.8. The second-order valence-corrected chi connectivity index (χ2v) is 7.19. The van der Waals surface area contributed by atoms with Crippen molar-refractivity contribution in [2.45, 2.75) is 39.3 Å². The van der Waals surface area contributed by atoms with Gasteiger partial charge in [-0.05, 0) is 33.3 Å². The van der Waals surface area contributed by atoms with Crippen molar-refractivity contribution in [2.75, 3.05) is 11.9 Å². The highest BCUT2D eigenvalue weighted by atomic mass is 16.3. The molecule has 2 heterocycles. The molecule has 0 fully saturated rings. The van der Waals surface area contributed by atoms with E-state index in [-0.39, 0.29) is 17.6 Å². The van der Waals surface area contributed by atoms with Gasteiger partial charge >= 0.3 is 0 Å². The molecule has 7 heteroatoms. The Bertz CT molecular complexity index is 935. The topological polar surface area (TPSA) is 95.8 Å². The minimum atomic E-state index is -0.700. The molecule has 0 saturated heterocycles. The summed E-state index contributed by atoms with van der Waals surface area (Å²) < 4.78 is 1.72. The predicted octanol–water partition coefficient (Wildman–Crippen LogP) is 2.33. The van der Waals surface area contributed by atoms with Gasteiger partial charge in [0.1, 0.15) is 5.39 Å². The number of hydrogen-bond donors (Lipinski definition) is 3. The largest absolute Gasteiger partial charge is 0.387 e. The van der Waals surface area contributed by atoms with Crippen molar-refractivity contribution in [1.29, 1.82) is 0 Å². The number of aromatic amines is 1. The molecule has 1 unspecified atom stereocenters. The normalized spacial score (nSPS) is 13.2. The molecular formula is C18H23N5O2. The molecule has 25 heavy (non-hydrogen) atoms. The molecule has 0 saturated carbocycles. The summed E-state index contributed by atoms with van der Waals surface area (Å²) in [7, 11) is 0. The van der Waals surface area contributed by atoms with Crippen molar-refractivity contribution in [3.63, 3.8) is 0 Å². The number of aliphatic hydroxyl groups excluding tert-OH is 1. The number of anilines is 1. The molecule has 2 aromatic heterocycles. The van der Waals surface area contributed by atoms with Crippen molar-refractivity contribution in [3.05, 3.63) is 51.9 Å². The Hall–Kier alpha value is -2.67. The number of aliphatic hydroxyl groups is 1. The highest BCUT2D eigenvalue weighted by Gasteiger charge is 2.20. The summed E-state index contributed by atoms with van der Waals surface area (Å²) in [5.41, 5.74) is 1.91. The van der Waals surface area contributed by atoms with E-state index in [2.05, 4.69) is 20.4 Å². The van der Waals surface area contributed by atoms with E-state index < -0.39 is 6.10 Å². The van der Waals surface area contributed by atoms with Crippen LogP contribution in [0.3, 0.4) is 0 Å². The van der Waals surface area contributed by atoms with E-state index in [0.29, 0.717) is 17.0 Å². The predicted molar refractivity (Wildman–Crippen MR) is 97.8 cm³/mol. The number of H-pyrrole nitrogens is 1. The number of aromatic nitrogens is 4. The van der Waals surface area contributed by atoms with Gasteiger partial charge in [-0.1, -0.05) is 29.8 Å². The number of nitrogens with zero attached hydrogens (tertiary/aromatic N) is 3. The fourth-order valence-electron chi connectivity index (χ4n) is 2.59. The van der Waals surface area contributed by atoms with Gasteiger partial charge < -0.3 is 10.4 Å². The van der Waals surface area contributed by atoms with Gasteiger partial charge in [-0.3, -0.25) is 9.78 Å². The quantitative estimate of drug-likeness (QED) is 0.677. The van der Waals surface area contributed by atoms with Gasteiger partial charge in [0, 0.05) is 6.54 Å². The average Bonchev–Trinajstić information content (AvgIpc) is 2.98. The van der Waals surface area contributed by atoms with Crippen LogP contribution < -0.4 is 10.9 Å². The van der Waals surface area contributed by atoms with Gasteiger partial charge in [0.05, 0.1) is 17.8 Å². The smallest absolute Gasteiger partial charge is 0.263 e. The molecule has 1 aromatic carbocycles. The second kappa shape index (κ2) is 6.33. The van der Waals surface area contributed by atoms with Crippen LogP contribution in [0.5, 0.6) is 0 Å². The van der Waals surface area contributed by atoms with Crippen LogP contribution in [0.2, 0.25) is 0 Å². The molecule has 0 radical (unpaired) electrons. The Balaban J connectivity index is 1.84. The number of benzene rings is 1. The zero-order chi connectivity index (χ0) is 18.2. The molecule has 0 bridgehead atoms. The SMILES string of the molecule is Cc1ccc(C(O)CNc2nc3c(cnn3C(C)(C)C)c(=O)[nH]2)cc1. The van der Waals surface area contributed by atoms with Crippen molar-refractivity contribution in [2.24, 2.45) is 0 Å².